The Kier molecular flexibility index (Phi) is 4.84. The highest BCUT2D eigenvalue weighted by atomic mass is 32.2. The summed E-state index contributed by atoms with van der Waals surface area (Å²) in [5.41, 5.74) is 5.84. The van der Waals surface area contributed by atoms with Crippen LogP contribution in [0.5, 0.6) is 0 Å². The van der Waals surface area contributed by atoms with Crippen molar-refractivity contribution in [3.8, 4) is 0 Å². The van der Waals surface area contributed by atoms with E-state index in [4.69, 9.17) is 5.73 Å². The van der Waals surface area contributed by atoms with Crippen molar-refractivity contribution in [2.45, 2.75) is 57.0 Å². The molecule has 1 atom stereocenters. The average molecular weight is 288 g/mol. The van der Waals surface area contributed by atoms with E-state index in [1.54, 1.807) is 0 Å². The minimum atomic E-state index is -2.95. The van der Waals surface area contributed by atoms with E-state index in [-0.39, 0.29) is 23.5 Å². The SMILES string of the molecule is NC1CCC(CC(=O)NC2CCCS(=O)(=O)C2)CC1. The highest BCUT2D eigenvalue weighted by molar-refractivity contribution is 7.91. The third kappa shape index (κ3) is 4.76. The highest BCUT2D eigenvalue weighted by Crippen LogP contribution is 2.25. The van der Waals surface area contributed by atoms with E-state index in [9.17, 15) is 13.2 Å². The van der Waals surface area contributed by atoms with Crippen LogP contribution < -0.4 is 11.1 Å². The maximum absolute atomic E-state index is 11.9. The molecule has 1 saturated carbocycles. The van der Waals surface area contributed by atoms with E-state index in [1.165, 1.54) is 0 Å². The van der Waals surface area contributed by atoms with Crippen LogP contribution in [0.25, 0.3) is 0 Å². The van der Waals surface area contributed by atoms with Crippen molar-refractivity contribution < 1.29 is 13.2 Å². The van der Waals surface area contributed by atoms with Gasteiger partial charge in [-0.15, -0.1) is 0 Å². The topological polar surface area (TPSA) is 89.3 Å². The van der Waals surface area contributed by atoms with Gasteiger partial charge in [0.2, 0.25) is 5.91 Å². The van der Waals surface area contributed by atoms with E-state index in [1.807, 2.05) is 0 Å². The second-order valence-corrected chi connectivity index (χ2v) is 8.23. The van der Waals surface area contributed by atoms with Crippen LogP contribution in [0.2, 0.25) is 0 Å². The molecule has 19 heavy (non-hydrogen) atoms. The zero-order chi connectivity index (χ0) is 13.9. The van der Waals surface area contributed by atoms with Crippen molar-refractivity contribution >= 4 is 15.7 Å². The first-order valence-electron chi connectivity index (χ1n) is 7.20. The molecule has 5 nitrogen and oxygen atoms in total. The minimum absolute atomic E-state index is 0.00238. The van der Waals surface area contributed by atoms with Gasteiger partial charge in [-0.1, -0.05) is 0 Å². The molecule has 0 spiro atoms. The molecule has 1 amide bonds. The molecule has 2 aliphatic rings. The minimum Gasteiger partial charge on any atom is -0.352 e. The Hall–Kier alpha value is -0.620. The molecule has 1 aliphatic carbocycles. The molecule has 1 unspecified atom stereocenters. The summed E-state index contributed by atoms with van der Waals surface area (Å²) in [4.78, 5) is 11.9. The smallest absolute Gasteiger partial charge is 0.220 e. The monoisotopic (exact) mass is 288 g/mol. The molecule has 6 heteroatoms. The molecular weight excluding hydrogens is 264 g/mol. The molecule has 1 heterocycles. The Labute approximate surface area is 115 Å². The summed E-state index contributed by atoms with van der Waals surface area (Å²) in [6.07, 6.45) is 5.97. The van der Waals surface area contributed by atoms with Crippen molar-refractivity contribution in [3.63, 3.8) is 0 Å². The van der Waals surface area contributed by atoms with E-state index in [2.05, 4.69) is 5.32 Å². The number of hydrogen-bond acceptors (Lipinski definition) is 4. The first-order valence-corrected chi connectivity index (χ1v) is 9.02. The van der Waals surface area contributed by atoms with Crippen molar-refractivity contribution in [1.29, 1.82) is 0 Å². The summed E-state index contributed by atoms with van der Waals surface area (Å²) in [5.74, 6) is 0.788. The lowest BCUT2D eigenvalue weighted by atomic mass is 9.84. The summed E-state index contributed by atoms with van der Waals surface area (Å²) >= 11 is 0. The Morgan fingerprint density at radius 3 is 2.47 bits per heavy atom. The number of nitrogens with two attached hydrogens (primary N) is 1. The van der Waals surface area contributed by atoms with Gasteiger partial charge in [0.15, 0.2) is 9.84 Å². The standard InChI is InChI=1S/C13H24N2O3S/c14-11-5-3-10(4-6-11)8-13(16)15-12-2-1-7-19(17,18)9-12/h10-12H,1-9,14H2,(H,15,16). The summed E-state index contributed by atoms with van der Waals surface area (Å²) in [6, 6.07) is 0.111. The van der Waals surface area contributed by atoms with Crippen LogP contribution >= 0.6 is 0 Å². The van der Waals surface area contributed by atoms with Crippen LogP contribution in [0.15, 0.2) is 0 Å². The summed E-state index contributed by atoms with van der Waals surface area (Å²) in [5, 5.41) is 2.88. The van der Waals surface area contributed by atoms with Crippen LogP contribution in [0.3, 0.4) is 0 Å². The Morgan fingerprint density at radius 1 is 1.16 bits per heavy atom. The number of rotatable bonds is 3. The molecule has 0 radical (unpaired) electrons. The first-order chi connectivity index (χ1) is 8.94. The van der Waals surface area contributed by atoms with E-state index < -0.39 is 9.84 Å². The molecule has 2 rings (SSSR count). The fourth-order valence-corrected chi connectivity index (χ4v) is 4.71. The number of carbonyl (C=O) groups excluding carboxylic acids is 1. The zero-order valence-electron chi connectivity index (χ0n) is 11.3. The van der Waals surface area contributed by atoms with Gasteiger partial charge >= 0.3 is 0 Å². The van der Waals surface area contributed by atoms with Gasteiger partial charge in [0.05, 0.1) is 11.5 Å². The number of nitrogens with one attached hydrogen (secondary N) is 1. The van der Waals surface area contributed by atoms with Gasteiger partial charge in [0, 0.05) is 18.5 Å². The van der Waals surface area contributed by atoms with Crippen LogP contribution in [-0.4, -0.2) is 37.9 Å². The molecule has 3 N–H and O–H groups in total. The van der Waals surface area contributed by atoms with Gasteiger partial charge in [0.25, 0.3) is 0 Å². The molecule has 0 aromatic heterocycles. The van der Waals surface area contributed by atoms with Gasteiger partial charge in [-0.2, -0.15) is 0 Å². The quantitative estimate of drug-likeness (QED) is 0.795. The van der Waals surface area contributed by atoms with E-state index in [0.29, 0.717) is 24.8 Å². The van der Waals surface area contributed by atoms with Gasteiger partial charge in [0.1, 0.15) is 0 Å². The summed E-state index contributed by atoms with van der Waals surface area (Å²) < 4.78 is 23.0. The molecule has 2 fully saturated rings. The van der Waals surface area contributed by atoms with Crippen LogP contribution in [0, 0.1) is 5.92 Å². The van der Waals surface area contributed by atoms with Crippen LogP contribution in [-0.2, 0) is 14.6 Å². The Balaban J connectivity index is 1.75. The summed E-state index contributed by atoms with van der Waals surface area (Å²) in [7, 11) is -2.95. The third-order valence-electron chi connectivity index (χ3n) is 4.19. The predicted molar refractivity (Wildman–Crippen MR) is 74.4 cm³/mol. The second-order valence-electron chi connectivity index (χ2n) is 6.01. The molecular formula is C13H24N2O3S. The number of hydrogen-bond donors (Lipinski definition) is 2. The molecule has 0 aromatic carbocycles. The molecule has 1 aliphatic heterocycles. The van der Waals surface area contributed by atoms with Crippen molar-refractivity contribution in [1.82, 2.24) is 5.32 Å². The third-order valence-corrected chi connectivity index (χ3v) is 6.01. The predicted octanol–water partition coefficient (Wildman–Crippen LogP) is 0.587. The number of sulfone groups is 1. The lowest BCUT2D eigenvalue weighted by Gasteiger charge is -2.27. The van der Waals surface area contributed by atoms with Crippen LogP contribution in [0.4, 0.5) is 0 Å². The Morgan fingerprint density at radius 2 is 1.84 bits per heavy atom. The highest BCUT2D eigenvalue weighted by Gasteiger charge is 2.27. The zero-order valence-corrected chi connectivity index (χ0v) is 12.1. The number of amides is 1. The second kappa shape index (κ2) is 6.22. The van der Waals surface area contributed by atoms with Crippen molar-refractivity contribution in [2.75, 3.05) is 11.5 Å². The van der Waals surface area contributed by atoms with Crippen molar-refractivity contribution in [3.05, 3.63) is 0 Å². The van der Waals surface area contributed by atoms with Gasteiger partial charge in [-0.25, -0.2) is 8.42 Å². The van der Waals surface area contributed by atoms with Gasteiger partial charge < -0.3 is 11.1 Å². The largest absolute Gasteiger partial charge is 0.352 e. The van der Waals surface area contributed by atoms with Crippen molar-refractivity contribution in [2.24, 2.45) is 11.7 Å². The maximum Gasteiger partial charge on any atom is 0.220 e. The van der Waals surface area contributed by atoms with Gasteiger partial charge in [-0.3, -0.25) is 4.79 Å². The molecule has 0 aromatic rings. The maximum atomic E-state index is 11.9. The molecule has 0 bridgehead atoms. The van der Waals surface area contributed by atoms with Gasteiger partial charge in [-0.05, 0) is 44.4 Å². The summed E-state index contributed by atoms with van der Waals surface area (Å²) in [6.45, 7) is 0. The fraction of sp³-hybridized carbons (Fsp3) is 0.923. The molecule has 110 valence electrons. The normalized spacial score (nSPS) is 34.7. The van der Waals surface area contributed by atoms with Crippen LogP contribution in [0.1, 0.15) is 44.9 Å². The Bertz CT molecular complexity index is 414. The lowest BCUT2D eigenvalue weighted by molar-refractivity contribution is -0.122. The van der Waals surface area contributed by atoms with E-state index >= 15 is 0 Å². The van der Waals surface area contributed by atoms with E-state index in [0.717, 1.165) is 32.1 Å². The first kappa shape index (κ1) is 14.8. The average Bonchev–Trinajstić information content (AvgIpc) is 2.30. The fourth-order valence-electron chi connectivity index (χ4n) is 3.08. The molecule has 1 saturated heterocycles. The lowest BCUT2D eigenvalue weighted by Crippen LogP contribution is -2.43. The number of carbonyl (C=O) groups is 1.